The van der Waals surface area contributed by atoms with E-state index in [4.69, 9.17) is 5.11 Å². The van der Waals surface area contributed by atoms with E-state index >= 15 is 0 Å². The highest BCUT2D eigenvalue weighted by Crippen LogP contribution is 2.27. The van der Waals surface area contributed by atoms with Crippen LogP contribution >= 0.6 is 11.3 Å². The van der Waals surface area contributed by atoms with E-state index in [1.807, 2.05) is 26.2 Å². The first-order valence-electron chi connectivity index (χ1n) is 6.80. The van der Waals surface area contributed by atoms with Crippen molar-refractivity contribution in [1.29, 1.82) is 0 Å². The topological polar surface area (TPSA) is 92.2 Å². The van der Waals surface area contributed by atoms with Gasteiger partial charge in [0, 0.05) is 22.8 Å². The molecule has 7 heteroatoms. The van der Waals surface area contributed by atoms with Crippen molar-refractivity contribution in [3.63, 3.8) is 0 Å². The second-order valence-corrected chi connectivity index (χ2v) is 6.03. The van der Waals surface area contributed by atoms with Gasteiger partial charge in [-0.2, -0.15) is 0 Å². The molecule has 2 N–H and O–H groups in total. The molecule has 0 bridgehead atoms. The maximum atomic E-state index is 12.4. The van der Waals surface area contributed by atoms with Crippen LogP contribution in [-0.4, -0.2) is 27.0 Å². The third-order valence-electron chi connectivity index (χ3n) is 3.43. The third-order valence-corrected chi connectivity index (χ3v) is 4.65. The highest BCUT2D eigenvalue weighted by atomic mass is 32.1. The first-order valence-corrected chi connectivity index (χ1v) is 7.68. The highest BCUT2D eigenvalue weighted by Gasteiger charge is 2.30. The minimum absolute atomic E-state index is 0.157. The van der Waals surface area contributed by atoms with Crippen LogP contribution < -0.4 is 5.32 Å². The molecule has 116 valence electrons. The van der Waals surface area contributed by atoms with E-state index in [1.54, 1.807) is 0 Å². The fourth-order valence-electron chi connectivity index (χ4n) is 1.91. The van der Waals surface area contributed by atoms with Crippen LogP contribution in [0.25, 0.3) is 0 Å². The molecule has 0 spiro atoms. The maximum Gasteiger partial charge on any atom is 0.354 e. The molecular formula is C15H17N3O3S. The molecule has 22 heavy (non-hydrogen) atoms. The first kappa shape index (κ1) is 16.1. The van der Waals surface area contributed by atoms with E-state index in [0.29, 0.717) is 6.42 Å². The smallest absolute Gasteiger partial charge is 0.354 e. The quantitative estimate of drug-likeness (QED) is 0.883. The minimum Gasteiger partial charge on any atom is -0.477 e. The summed E-state index contributed by atoms with van der Waals surface area (Å²) in [6.07, 6.45) is 1.98. The second-order valence-electron chi connectivity index (χ2n) is 5.17. The van der Waals surface area contributed by atoms with Gasteiger partial charge in [-0.25, -0.2) is 14.8 Å². The molecule has 0 saturated heterocycles. The van der Waals surface area contributed by atoms with Gasteiger partial charge in [0.25, 0.3) is 5.91 Å². The molecule has 6 nitrogen and oxygen atoms in total. The van der Waals surface area contributed by atoms with Gasteiger partial charge in [-0.05, 0) is 32.4 Å². The van der Waals surface area contributed by atoms with E-state index in [-0.39, 0.29) is 17.2 Å². The SMILES string of the molecule is CCC(C)(NC(=O)c1ccnc(C(=O)O)c1)c1nc(C)cs1. The molecule has 2 rings (SSSR count). The number of carboxylic acid groups (broad SMARTS) is 1. The first-order chi connectivity index (χ1) is 10.4. The Balaban J connectivity index is 2.26. The lowest BCUT2D eigenvalue weighted by molar-refractivity contribution is 0.0690. The fraction of sp³-hybridized carbons (Fsp3) is 0.333. The van der Waals surface area contributed by atoms with E-state index in [9.17, 15) is 9.59 Å². The average Bonchev–Trinajstić information content (AvgIpc) is 2.94. The van der Waals surface area contributed by atoms with E-state index in [0.717, 1.165) is 10.7 Å². The molecule has 0 aliphatic heterocycles. The van der Waals surface area contributed by atoms with Crippen molar-refractivity contribution in [2.75, 3.05) is 0 Å². The maximum absolute atomic E-state index is 12.4. The van der Waals surface area contributed by atoms with Crippen molar-refractivity contribution < 1.29 is 14.7 Å². The third kappa shape index (κ3) is 3.30. The van der Waals surface area contributed by atoms with Crippen LogP contribution in [0, 0.1) is 6.92 Å². The van der Waals surface area contributed by atoms with Crippen LogP contribution in [0.15, 0.2) is 23.7 Å². The van der Waals surface area contributed by atoms with E-state index < -0.39 is 11.5 Å². The number of nitrogens with one attached hydrogen (secondary N) is 1. The Bertz CT molecular complexity index is 714. The van der Waals surface area contributed by atoms with Crippen LogP contribution in [0.1, 0.15) is 51.8 Å². The number of carbonyl (C=O) groups excluding carboxylic acids is 1. The largest absolute Gasteiger partial charge is 0.477 e. The summed E-state index contributed by atoms with van der Waals surface area (Å²) in [5, 5.41) is 14.7. The monoisotopic (exact) mass is 319 g/mol. The number of aromatic nitrogens is 2. The van der Waals surface area contributed by atoms with E-state index in [2.05, 4.69) is 15.3 Å². The number of hydrogen-bond acceptors (Lipinski definition) is 5. The molecule has 1 amide bonds. The minimum atomic E-state index is -1.16. The number of rotatable bonds is 5. The van der Waals surface area contributed by atoms with Crippen LogP contribution in [0.2, 0.25) is 0 Å². The van der Waals surface area contributed by atoms with Crippen LogP contribution in [0.3, 0.4) is 0 Å². The number of pyridine rings is 1. The summed E-state index contributed by atoms with van der Waals surface area (Å²) >= 11 is 1.49. The molecule has 0 aliphatic carbocycles. The number of carbonyl (C=O) groups is 2. The molecule has 2 aromatic heterocycles. The van der Waals surface area contributed by atoms with Crippen molar-refractivity contribution in [3.05, 3.63) is 45.7 Å². The lowest BCUT2D eigenvalue weighted by Gasteiger charge is -2.27. The summed E-state index contributed by atoms with van der Waals surface area (Å²) in [6.45, 7) is 5.77. The summed E-state index contributed by atoms with van der Waals surface area (Å²) < 4.78 is 0. The zero-order valence-electron chi connectivity index (χ0n) is 12.6. The van der Waals surface area contributed by atoms with Gasteiger partial charge in [-0.15, -0.1) is 11.3 Å². The molecule has 0 aliphatic rings. The van der Waals surface area contributed by atoms with Gasteiger partial charge in [0.15, 0.2) is 0 Å². The number of aryl methyl sites for hydroxylation is 1. The van der Waals surface area contributed by atoms with Crippen LogP contribution in [0.4, 0.5) is 0 Å². The van der Waals surface area contributed by atoms with Crippen molar-refractivity contribution in [2.45, 2.75) is 32.7 Å². The van der Waals surface area contributed by atoms with Gasteiger partial charge in [-0.1, -0.05) is 6.92 Å². The Morgan fingerprint density at radius 2 is 2.18 bits per heavy atom. The summed E-state index contributed by atoms with van der Waals surface area (Å²) in [6, 6.07) is 2.76. The number of amides is 1. The highest BCUT2D eigenvalue weighted by molar-refractivity contribution is 7.09. The Morgan fingerprint density at radius 3 is 2.73 bits per heavy atom. The zero-order valence-corrected chi connectivity index (χ0v) is 13.4. The lowest BCUT2D eigenvalue weighted by Crippen LogP contribution is -2.43. The van der Waals surface area contributed by atoms with Gasteiger partial charge in [0.05, 0.1) is 5.54 Å². The number of thiazole rings is 1. The van der Waals surface area contributed by atoms with Gasteiger partial charge in [0.2, 0.25) is 0 Å². The molecule has 0 radical (unpaired) electrons. The number of aromatic carboxylic acids is 1. The lowest BCUT2D eigenvalue weighted by atomic mass is 9.99. The van der Waals surface area contributed by atoms with Crippen molar-refractivity contribution in [1.82, 2.24) is 15.3 Å². The predicted octanol–water partition coefficient (Wildman–Crippen LogP) is 2.60. The summed E-state index contributed by atoms with van der Waals surface area (Å²) in [5.74, 6) is -1.51. The number of nitrogens with zero attached hydrogens (tertiary/aromatic N) is 2. The number of carboxylic acids is 1. The molecule has 0 aromatic carbocycles. The molecule has 2 aromatic rings. The molecular weight excluding hydrogens is 302 g/mol. The normalized spacial score (nSPS) is 13.4. The molecule has 0 saturated carbocycles. The van der Waals surface area contributed by atoms with Crippen molar-refractivity contribution in [2.24, 2.45) is 0 Å². The van der Waals surface area contributed by atoms with Gasteiger partial charge >= 0.3 is 5.97 Å². The number of hydrogen-bond donors (Lipinski definition) is 2. The van der Waals surface area contributed by atoms with Crippen LogP contribution in [-0.2, 0) is 5.54 Å². The summed E-state index contributed by atoms with van der Waals surface area (Å²) in [5.41, 5.74) is 0.421. The Labute approximate surface area is 132 Å². The standard InChI is InChI=1S/C15H17N3O3S/c1-4-15(3,14-17-9(2)8-22-14)18-12(19)10-5-6-16-11(7-10)13(20)21/h5-8H,4H2,1-3H3,(H,18,19)(H,20,21). The molecule has 2 heterocycles. The molecule has 1 unspecified atom stereocenters. The van der Waals surface area contributed by atoms with Crippen molar-refractivity contribution in [3.8, 4) is 0 Å². The van der Waals surface area contributed by atoms with Crippen molar-refractivity contribution >= 4 is 23.2 Å². The Kier molecular flexibility index (Phi) is 4.56. The van der Waals surface area contributed by atoms with E-state index in [1.165, 1.54) is 29.7 Å². The Morgan fingerprint density at radius 1 is 1.45 bits per heavy atom. The Hall–Kier alpha value is -2.28. The predicted molar refractivity (Wildman–Crippen MR) is 83.2 cm³/mol. The van der Waals surface area contributed by atoms with Gasteiger partial charge in [-0.3, -0.25) is 4.79 Å². The average molecular weight is 319 g/mol. The summed E-state index contributed by atoms with van der Waals surface area (Å²) in [4.78, 5) is 31.5. The second kappa shape index (κ2) is 6.23. The fourth-order valence-corrected chi connectivity index (χ4v) is 2.90. The zero-order chi connectivity index (χ0) is 16.3. The molecule has 1 atom stereocenters. The van der Waals surface area contributed by atoms with Gasteiger partial charge < -0.3 is 10.4 Å². The van der Waals surface area contributed by atoms with Gasteiger partial charge in [0.1, 0.15) is 10.7 Å². The summed E-state index contributed by atoms with van der Waals surface area (Å²) in [7, 11) is 0. The molecule has 0 fully saturated rings. The van der Waals surface area contributed by atoms with Crippen LogP contribution in [0.5, 0.6) is 0 Å².